The molecule has 1 heterocycles. The standard InChI is InChI=1S/C26H28N6O2S/c1-4-31(5-2)19-11-13-20(14-12-19)32-29-23-15-18(3)22(16-24(23)30-32)27-26(35)28-25(33)17-34-21-9-7-6-8-10-21/h6-16H,4-5,17H2,1-3H3,(H2,27,28,33,35). The van der Waals surface area contributed by atoms with Crippen molar-refractivity contribution in [2.45, 2.75) is 20.8 Å². The lowest BCUT2D eigenvalue weighted by Gasteiger charge is -2.20. The van der Waals surface area contributed by atoms with Gasteiger partial charge in [-0.1, -0.05) is 18.2 Å². The number of carbonyl (C=O) groups is 1. The molecule has 180 valence electrons. The molecule has 0 radical (unpaired) electrons. The van der Waals surface area contributed by atoms with E-state index in [0.29, 0.717) is 11.3 Å². The monoisotopic (exact) mass is 488 g/mol. The van der Waals surface area contributed by atoms with Crippen LogP contribution >= 0.6 is 12.2 Å². The van der Waals surface area contributed by atoms with Gasteiger partial charge in [0.05, 0.1) is 5.69 Å². The van der Waals surface area contributed by atoms with Crippen LogP contribution in [0.5, 0.6) is 5.75 Å². The number of amides is 1. The first-order valence-corrected chi connectivity index (χ1v) is 11.9. The number of hydrogen-bond donors (Lipinski definition) is 2. The number of aromatic nitrogens is 3. The zero-order valence-corrected chi connectivity index (χ0v) is 20.8. The Balaban J connectivity index is 1.42. The minimum atomic E-state index is -0.343. The zero-order valence-electron chi connectivity index (χ0n) is 20.0. The van der Waals surface area contributed by atoms with E-state index in [1.807, 2.05) is 49.4 Å². The second-order valence-electron chi connectivity index (χ2n) is 7.94. The lowest BCUT2D eigenvalue weighted by Crippen LogP contribution is -2.37. The maximum absolute atomic E-state index is 12.2. The molecule has 0 bridgehead atoms. The van der Waals surface area contributed by atoms with Gasteiger partial charge < -0.3 is 15.0 Å². The molecule has 0 aliphatic rings. The molecule has 1 amide bonds. The van der Waals surface area contributed by atoms with Crippen molar-refractivity contribution in [3.05, 3.63) is 72.3 Å². The molecule has 0 saturated heterocycles. The van der Waals surface area contributed by atoms with E-state index in [9.17, 15) is 4.79 Å². The Morgan fingerprint density at radius 1 is 1.00 bits per heavy atom. The molecule has 0 aliphatic carbocycles. The zero-order chi connectivity index (χ0) is 24.8. The van der Waals surface area contributed by atoms with Gasteiger partial charge in [0, 0.05) is 24.5 Å². The van der Waals surface area contributed by atoms with E-state index < -0.39 is 0 Å². The summed E-state index contributed by atoms with van der Waals surface area (Å²) in [6.45, 7) is 8.01. The average molecular weight is 489 g/mol. The fourth-order valence-electron chi connectivity index (χ4n) is 3.69. The second kappa shape index (κ2) is 11.0. The number of thiocarbonyl (C=S) groups is 1. The predicted molar refractivity (Wildman–Crippen MR) is 143 cm³/mol. The summed E-state index contributed by atoms with van der Waals surface area (Å²) in [5, 5.41) is 15.2. The number of carbonyl (C=O) groups excluding carboxylic acids is 1. The molecule has 0 aliphatic heterocycles. The van der Waals surface area contributed by atoms with Gasteiger partial charge in [-0.25, -0.2) is 0 Å². The van der Waals surface area contributed by atoms with Crippen LogP contribution in [0.15, 0.2) is 66.7 Å². The number of anilines is 2. The molecule has 0 unspecified atom stereocenters. The molecular weight excluding hydrogens is 460 g/mol. The van der Waals surface area contributed by atoms with E-state index in [1.54, 1.807) is 16.9 Å². The third-order valence-corrected chi connectivity index (χ3v) is 5.75. The van der Waals surface area contributed by atoms with E-state index in [0.717, 1.165) is 35.5 Å². The van der Waals surface area contributed by atoms with Crippen LogP contribution in [-0.2, 0) is 4.79 Å². The van der Waals surface area contributed by atoms with Crippen LogP contribution in [0.1, 0.15) is 19.4 Å². The molecule has 0 fully saturated rings. The van der Waals surface area contributed by atoms with E-state index in [1.165, 1.54) is 5.69 Å². The Morgan fingerprint density at radius 2 is 1.66 bits per heavy atom. The number of benzene rings is 3. The Labute approximate surface area is 209 Å². The molecular formula is C26H28N6O2S. The fourth-order valence-corrected chi connectivity index (χ4v) is 3.91. The van der Waals surface area contributed by atoms with E-state index >= 15 is 0 Å². The van der Waals surface area contributed by atoms with Crippen molar-refractivity contribution >= 4 is 45.6 Å². The van der Waals surface area contributed by atoms with Gasteiger partial charge in [-0.3, -0.25) is 10.1 Å². The van der Waals surface area contributed by atoms with Crippen molar-refractivity contribution in [1.82, 2.24) is 20.3 Å². The first-order valence-electron chi connectivity index (χ1n) is 11.5. The number of fused-ring (bicyclic) bond motifs is 1. The average Bonchev–Trinajstić information content (AvgIpc) is 3.27. The number of nitrogens with one attached hydrogen (secondary N) is 2. The minimum Gasteiger partial charge on any atom is -0.484 e. The number of nitrogens with zero attached hydrogens (tertiary/aromatic N) is 4. The summed E-state index contributed by atoms with van der Waals surface area (Å²) >= 11 is 5.32. The predicted octanol–water partition coefficient (Wildman–Crippen LogP) is 4.47. The van der Waals surface area contributed by atoms with Crippen molar-refractivity contribution < 1.29 is 9.53 Å². The smallest absolute Gasteiger partial charge is 0.264 e. The minimum absolute atomic E-state index is 0.134. The van der Waals surface area contributed by atoms with Crippen LogP contribution < -0.4 is 20.3 Å². The van der Waals surface area contributed by atoms with Gasteiger partial charge in [-0.15, -0.1) is 10.2 Å². The topological polar surface area (TPSA) is 84.3 Å². The van der Waals surface area contributed by atoms with Crippen LogP contribution in [0.4, 0.5) is 11.4 Å². The SMILES string of the molecule is CCN(CC)c1ccc(-n2nc3cc(C)c(NC(=S)NC(=O)COc4ccccc4)cc3n2)cc1. The van der Waals surface area contributed by atoms with E-state index in [-0.39, 0.29) is 17.6 Å². The van der Waals surface area contributed by atoms with Crippen molar-refractivity contribution in [2.75, 3.05) is 29.9 Å². The number of aryl methyl sites for hydroxylation is 1. The Hall–Kier alpha value is -3.98. The highest BCUT2D eigenvalue weighted by Gasteiger charge is 2.12. The summed E-state index contributed by atoms with van der Waals surface area (Å²) in [6, 6.07) is 21.1. The molecule has 3 aromatic carbocycles. The third-order valence-electron chi connectivity index (χ3n) is 5.55. The molecule has 4 rings (SSSR count). The van der Waals surface area contributed by atoms with Crippen molar-refractivity contribution in [2.24, 2.45) is 0 Å². The van der Waals surface area contributed by atoms with Crippen molar-refractivity contribution in [3.63, 3.8) is 0 Å². The van der Waals surface area contributed by atoms with Gasteiger partial charge in [0.2, 0.25) is 0 Å². The molecule has 0 atom stereocenters. The van der Waals surface area contributed by atoms with Gasteiger partial charge in [-0.2, -0.15) is 4.80 Å². The number of para-hydroxylation sites is 1. The molecule has 4 aromatic rings. The van der Waals surface area contributed by atoms with Crippen LogP contribution in [0.25, 0.3) is 16.7 Å². The highest BCUT2D eigenvalue weighted by Crippen LogP contribution is 2.23. The van der Waals surface area contributed by atoms with Gasteiger partial charge in [0.1, 0.15) is 16.8 Å². The highest BCUT2D eigenvalue weighted by molar-refractivity contribution is 7.80. The quantitative estimate of drug-likeness (QED) is 0.354. The normalized spacial score (nSPS) is 10.7. The lowest BCUT2D eigenvalue weighted by atomic mass is 10.2. The fraction of sp³-hybridized carbons (Fsp3) is 0.231. The molecule has 0 saturated carbocycles. The summed E-state index contributed by atoms with van der Waals surface area (Å²) < 4.78 is 5.46. The first-order chi connectivity index (χ1) is 17.0. The van der Waals surface area contributed by atoms with Gasteiger partial charge >= 0.3 is 0 Å². The number of ether oxygens (including phenoxy) is 1. The number of hydrogen-bond acceptors (Lipinski definition) is 6. The molecule has 8 nitrogen and oxygen atoms in total. The number of rotatable bonds is 8. The van der Waals surface area contributed by atoms with Crippen LogP contribution in [-0.4, -0.2) is 45.7 Å². The lowest BCUT2D eigenvalue weighted by molar-refractivity contribution is -0.121. The van der Waals surface area contributed by atoms with Gasteiger partial charge in [0.15, 0.2) is 11.7 Å². The molecule has 1 aromatic heterocycles. The molecule has 35 heavy (non-hydrogen) atoms. The molecule has 2 N–H and O–H groups in total. The largest absolute Gasteiger partial charge is 0.484 e. The first kappa shape index (κ1) is 24.2. The summed E-state index contributed by atoms with van der Waals surface area (Å²) in [5.74, 6) is 0.276. The second-order valence-corrected chi connectivity index (χ2v) is 8.35. The van der Waals surface area contributed by atoms with Crippen LogP contribution in [0.3, 0.4) is 0 Å². The summed E-state index contributed by atoms with van der Waals surface area (Å²) in [7, 11) is 0. The Kier molecular flexibility index (Phi) is 7.57. The maximum atomic E-state index is 12.2. The van der Waals surface area contributed by atoms with E-state index in [2.05, 4.69) is 51.7 Å². The van der Waals surface area contributed by atoms with Gasteiger partial charge in [-0.05, 0) is 87.1 Å². The maximum Gasteiger partial charge on any atom is 0.264 e. The molecule has 0 spiro atoms. The Bertz CT molecular complexity index is 1320. The summed E-state index contributed by atoms with van der Waals surface area (Å²) in [6.07, 6.45) is 0. The highest BCUT2D eigenvalue weighted by atomic mass is 32.1. The van der Waals surface area contributed by atoms with E-state index in [4.69, 9.17) is 17.0 Å². The molecule has 9 heteroatoms. The summed E-state index contributed by atoms with van der Waals surface area (Å²) in [5.41, 5.74) is 5.21. The Morgan fingerprint density at radius 3 is 2.31 bits per heavy atom. The van der Waals surface area contributed by atoms with Crippen molar-refractivity contribution in [3.8, 4) is 11.4 Å². The summed E-state index contributed by atoms with van der Waals surface area (Å²) in [4.78, 5) is 16.1. The van der Waals surface area contributed by atoms with Crippen LogP contribution in [0.2, 0.25) is 0 Å². The van der Waals surface area contributed by atoms with Gasteiger partial charge in [0.25, 0.3) is 5.91 Å². The third kappa shape index (κ3) is 5.93. The van der Waals surface area contributed by atoms with Crippen molar-refractivity contribution in [1.29, 1.82) is 0 Å². The van der Waals surface area contributed by atoms with Crippen LogP contribution in [0, 0.1) is 6.92 Å².